The van der Waals surface area contributed by atoms with Gasteiger partial charge in [0.25, 0.3) is 5.91 Å². The van der Waals surface area contributed by atoms with Gasteiger partial charge in [0.1, 0.15) is 5.69 Å². The molecule has 2 aromatic rings. The first-order chi connectivity index (χ1) is 10.0. The third-order valence-corrected chi connectivity index (χ3v) is 3.98. The van der Waals surface area contributed by atoms with Crippen LogP contribution in [0.4, 0.5) is 0 Å². The summed E-state index contributed by atoms with van der Waals surface area (Å²) in [5.41, 5.74) is 6.90. The normalized spacial score (nSPS) is 10.5. The lowest BCUT2D eigenvalue weighted by atomic mass is 9.92. The zero-order chi connectivity index (χ0) is 15.4. The molecule has 1 aromatic heterocycles. The minimum atomic E-state index is -0.178. The second-order valence-corrected chi connectivity index (χ2v) is 5.34. The average Bonchev–Trinajstić information content (AvgIpc) is 2.49. The Labute approximate surface area is 125 Å². The largest absolute Gasteiger partial charge is 0.350 e. The summed E-state index contributed by atoms with van der Waals surface area (Å²) in [7, 11) is 0. The van der Waals surface area contributed by atoms with Crippen LogP contribution >= 0.6 is 0 Å². The zero-order valence-electron chi connectivity index (χ0n) is 13.0. The highest BCUT2D eigenvalue weighted by Crippen LogP contribution is 2.21. The molecule has 1 N–H and O–H groups in total. The van der Waals surface area contributed by atoms with Crippen molar-refractivity contribution < 1.29 is 4.79 Å². The standard InChI is InChI=1S/C17H21N3O/c1-11-9-12(2)14(4)15(13(11)3)5-6-20-17(21)16-10-18-7-8-19-16/h7-10H,5-6H2,1-4H3,(H,20,21). The molecule has 0 fully saturated rings. The molecule has 2 rings (SSSR count). The smallest absolute Gasteiger partial charge is 0.271 e. The summed E-state index contributed by atoms with van der Waals surface area (Å²) in [6, 6.07) is 2.21. The van der Waals surface area contributed by atoms with Crippen molar-refractivity contribution in [3.05, 3.63) is 58.2 Å². The van der Waals surface area contributed by atoms with Crippen molar-refractivity contribution in [2.24, 2.45) is 0 Å². The number of hydrogen-bond acceptors (Lipinski definition) is 3. The van der Waals surface area contributed by atoms with E-state index < -0.39 is 0 Å². The Morgan fingerprint density at radius 3 is 2.33 bits per heavy atom. The summed E-state index contributed by atoms with van der Waals surface area (Å²) in [6.45, 7) is 9.13. The molecule has 4 nitrogen and oxygen atoms in total. The molecular formula is C17H21N3O. The van der Waals surface area contributed by atoms with Crippen LogP contribution in [0.5, 0.6) is 0 Å². The SMILES string of the molecule is Cc1cc(C)c(C)c(CCNC(=O)c2cnccn2)c1C. The van der Waals surface area contributed by atoms with Gasteiger partial charge >= 0.3 is 0 Å². The van der Waals surface area contributed by atoms with E-state index in [0.717, 1.165) is 6.42 Å². The number of amides is 1. The molecule has 21 heavy (non-hydrogen) atoms. The van der Waals surface area contributed by atoms with Gasteiger partial charge in [0.05, 0.1) is 6.20 Å². The van der Waals surface area contributed by atoms with Gasteiger partial charge in [-0.3, -0.25) is 9.78 Å². The fourth-order valence-corrected chi connectivity index (χ4v) is 2.48. The first-order valence-electron chi connectivity index (χ1n) is 7.11. The highest BCUT2D eigenvalue weighted by Gasteiger charge is 2.10. The van der Waals surface area contributed by atoms with E-state index in [2.05, 4.69) is 49.0 Å². The lowest BCUT2D eigenvalue weighted by Crippen LogP contribution is -2.27. The molecule has 0 unspecified atom stereocenters. The van der Waals surface area contributed by atoms with Crippen molar-refractivity contribution in [1.82, 2.24) is 15.3 Å². The van der Waals surface area contributed by atoms with E-state index in [9.17, 15) is 4.79 Å². The second kappa shape index (κ2) is 6.48. The van der Waals surface area contributed by atoms with E-state index in [1.54, 1.807) is 6.20 Å². The fraction of sp³-hybridized carbons (Fsp3) is 0.353. The third kappa shape index (κ3) is 3.45. The monoisotopic (exact) mass is 283 g/mol. The highest BCUT2D eigenvalue weighted by molar-refractivity contribution is 5.91. The Balaban J connectivity index is 2.03. The number of carbonyl (C=O) groups is 1. The van der Waals surface area contributed by atoms with E-state index in [4.69, 9.17) is 0 Å². The maximum Gasteiger partial charge on any atom is 0.271 e. The molecule has 0 aliphatic rings. The van der Waals surface area contributed by atoms with Crippen molar-refractivity contribution >= 4 is 5.91 Å². The van der Waals surface area contributed by atoms with E-state index in [1.165, 1.54) is 40.2 Å². The number of hydrogen-bond donors (Lipinski definition) is 1. The van der Waals surface area contributed by atoms with Crippen LogP contribution in [-0.2, 0) is 6.42 Å². The molecule has 1 amide bonds. The average molecular weight is 283 g/mol. The van der Waals surface area contributed by atoms with Crippen molar-refractivity contribution in [1.29, 1.82) is 0 Å². The lowest BCUT2D eigenvalue weighted by Gasteiger charge is -2.15. The van der Waals surface area contributed by atoms with Crippen molar-refractivity contribution in [3.63, 3.8) is 0 Å². The summed E-state index contributed by atoms with van der Waals surface area (Å²) in [5, 5.41) is 2.90. The van der Waals surface area contributed by atoms with Crippen LogP contribution in [0.15, 0.2) is 24.7 Å². The lowest BCUT2D eigenvalue weighted by molar-refractivity contribution is 0.0948. The Kier molecular flexibility index (Phi) is 4.68. The van der Waals surface area contributed by atoms with Gasteiger partial charge in [0, 0.05) is 18.9 Å². The number of nitrogens with zero attached hydrogens (tertiary/aromatic N) is 2. The number of rotatable bonds is 4. The van der Waals surface area contributed by atoms with E-state index in [1.807, 2.05) is 0 Å². The highest BCUT2D eigenvalue weighted by atomic mass is 16.1. The van der Waals surface area contributed by atoms with Crippen molar-refractivity contribution in [2.45, 2.75) is 34.1 Å². The van der Waals surface area contributed by atoms with Crippen molar-refractivity contribution in [3.8, 4) is 0 Å². The molecule has 4 heteroatoms. The van der Waals surface area contributed by atoms with Crippen LogP contribution in [0.2, 0.25) is 0 Å². The van der Waals surface area contributed by atoms with Crippen LogP contribution in [0.3, 0.4) is 0 Å². The molecule has 1 aromatic carbocycles. The van der Waals surface area contributed by atoms with Crippen LogP contribution in [-0.4, -0.2) is 22.4 Å². The van der Waals surface area contributed by atoms with E-state index in [-0.39, 0.29) is 5.91 Å². The number of nitrogens with one attached hydrogen (secondary N) is 1. The third-order valence-electron chi connectivity index (χ3n) is 3.98. The number of aromatic nitrogens is 2. The minimum Gasteiger partial charge on any atom is -0.350 e. The summed E-state index contributed by atoms with van der Waals surface area (Å²) in [5.74, 6) is -0.178. The molecule has 0 radical (unpaired) electrons. The number of aryl methyl sites for hydroxylation is 2. The van der Waals surface area contributed by atoms with E-state index >= 15 is 0 Å². The van der Waals surface area contributed by atoms with Gasteiger partial charge in [-0.05, 0) is 61.9 Å². The van der Waals surface area contributed by atoms with Gasteiger partial charge in [-0.1, -0.05) is 6.07 Å². The van der Waals surface area contributed by atoms with Gasteiger partial charge in [0.15, 0.2) is 0 Å². The van der Waals surface area contributed by atoms with Gasteiger partial charge in [-0.2, -0.15) is 0 Å². The molecule has 0 aliphatic carbocycles. The first kappa shape index (κ1) is 15.2. The van der Waals surface area contributed by atoms with Crippen LogP contribution in [0.1, 0.15) is 38.3 Å². The van der Waals surface area contributed by atoms with Gasteiger partial charge < -0.3 is 5.32 Å². The molecule has 0 spiro atoms. The quantitative estimate of drug-likeness (QED) is 0.938. The molecule has 0 aliphatic heterocycles. The van der Waals surface area contributed by atoms with Crippen LogP contribution in [0.25, 0.3) is 0 Å². The van der Waals surface area contributed by atoms with Crippen molar-refractivity contribution in [2.75, 3.05) is 6.54 Å². The summed E-state index contributed by atoms with van der Waals surface area (Å²) in [6.07, 6.45) is 5.38. The first-order valence-corrected chi connectivity index (χ1v) is 7.11. The van der Waals surface area contributed by atoms with Crippen LogP contribution in [0, 0.1) is 27.7 Å². The molecule has 0 saturated carbocycles. The van der Waals surface area contributed by atoms with E-state index in [0.29, 0.717) is 12.2 Å². The Morgan fingerprint density at radius 2 is 1.76 bits per heavy atom. The maximum atomic E-state index is 11.9. The predicted octanol–water partition coefficient (Wildman–Crippen LogP) is 2.68. The molecule has 110 valence electrons. The fourth-order valence-electron chi connectivity index (χ4n) is 2.48. The number of benzene rings is 1. The number of carbonyl (C=O) groups excluding carboxylic acids is 1. The topological polar surface area (TPSA) is 54.9 Å². The zero-order valence-corrected chi connectivity index (χ0v) is 13.0. The second-order valence-electron chi connectivity index (χ2n) is 5.34. The van der Waals surface area contributed by atoms with Gasteiger partial charge in [0.2, 0.25) is 0 Å². The van der Waals surface area contributed by atoms with Crippen LogP contribution < -0.4 is 5.32 Å². The Hall–Kier alpha value is -2.23. The summed E-state index contributed by atoms with van der Waals surface area (Å²) < 4.78 is 0. The predicted molar refractivity (Wildman–Crippen MR) is 83.5 cm³/mol. The minimum absolute atomic E-state index is 0.178. The molecular weight excluding hydrogens is 262 g/mol. The molecule has 0 saturated heterocycles. The molecule has 0 atom stereocenters. The van der Waals surface area contributed by atoms with Gasteiger partial charge in [-0.15, -0.1) is 0 Å². The maximum absolute atomic E-state index is 11.9. The molecule has 0 bridgehead atoms. The summed E-state index contributed by atoms with van der Waals surface area (Å²) >= 11 is 0. The Morgan fingerprint density at radius 1 is 1.10 bits per heavy atom. The molecule has 1 heterocycles. The summed E-state index contributed by atoms with van der Waals surface area (Å²) in [4.78, 5) is 19.8. The Bertz CT molecular complexity index is 625. The van der Waals surface area contributed by atoms with Gasteiger partial charge in [-0.25, -0.2) is 4.98 Å².